The second-order valence-corrected chi connectivity index (χ2v) is 9.92. The maximum absolute atomic E-state index is 12.2. The van der Waals surface area contributed by atoms with Crippen molar-refractivity contribution in [2.45, 2.75) is 78.2 Å². The topological polar surface area (TPSA) is 43.4 Å². The Morgan fingerprint density at radius 1 is 1.26 bits per heavy atom. The maximum Gasteiger partial charge on any atom is 0.302 e. The van der Waals surface area contributed by atoms with Crippen LogP contribution in [0.2, 0.25) is 0 Å². The number of hydrogen-bond donors (Lipinski definition) is 0. The molecule has 27 heavy (non-hydrogen) atoms. The predicted molar refractivity (Wildman–Crippen MR) is 105 cm³/mol. The van der Waals surface area contributed by atoms with E-state index in [1.807, 2.05) is 6.08 Å². The van der Waals surface area contributed by atoms with E-state index in [1.54, 1.807) is 0 Å². The van der Waals surface area contributed by atoms with E-state index in [-0.39, 0.29) is 28.7 Å². The van der Waals surface area contributed by atoms with E-state index in [2.05, 4.69) is 19.8 Å². The van der Waals surface area contributed by atoms with Gasteiger partial charge in [0.05, 0.1) is 0 Å². The van der Waals surface area contributed by atoms with Crippen LogP contribution < -0.4 is 0 Å². The number of carbonyl (C=O) groups excluding carboxylic acids is 2. The third-order valence-electron chi connectivity index (χ3n) is 8.70. The van der Waals surface area contributed by atoms with Crippen molar-refractivity contribution in [3.05, 3.63) is 11.6 Å². The van der Waals surface area contributed by atoms with E-state index in [0.717, 1.165) is 38.5 Å². The van der Waals surface area contributed by atoms with E-state index in [9.17, 15) is 9.59 Å². The Hall–Kier alpha value is -1.56. The lowest BCUT2D eigenvalue weighted by atomic mass is 9.45. The Morgan fingerprint density at radius 3 is 2.74 bits per heavy atom. The average Bonchev–Trinajstić information content (AvgIpc) is 2.93. The average molecular weight is 369 g/mol. The van der Waals surface area contributed by atoms with Gasteiger partial charge in [0.1, 0.15) is 6.10 Å². The molecular formula is C24H32O3. The van der Waals surface area contributed by atoms with E-state index in [4.69, 9.17) is 11.2 Å². The first kappa shape index (κ1) is 18.8. The number of rotatable bonds is 2. The molecule has 0 aromatic rings. The Bertz CT molecular complexity index is 728. The molecule has 3 heteroatoms. The molecule has 0 spiro atoms. The predicted octanol–water partition coefficient (Wildman–Crippen LogP) is 4.70. The fourth-order valence-corrected chi connectivity index (χ4v) is 7.47. The minimum atomic E-state index is -0.152. The number of fused-ring (bicyclic) bond motifs is 5. The van der Waals surface area contributed by atoms with Gasteiger partial charge in [-0.1, -0.05) is 19.4 Å². The van der Waals surface area contributed by atoms with Gasteiger partial charge in [-0.3, -0.25) is 9.59 Å². The van der Waals surface area contributed by atoms with Crippen LogP contribution in [0.25, 0.3) is 0 Å². The lowest BCUT2D eigenvalue weighted by Gasteiger charge is -2.59. The van der Waals surface area contributed by atoms with Gasteiger partial charge >= 0.3 is 5.97 Å². The third kappa shape index (κ3) is 2.79. The van der Waals surface area contributed by atoms with Gasteiger partial charge in [-0.15, -0.1) is 12.3 Å². The molecule has 0 aromatic carbocycles. The van der Waals surface area contributed by atoms with Crippen molar-refractivity contribution in [1.29, 1.82) is 0 Å². The number of allylic oxidation sites excluding steroid dienone is 1. The van der Waals surface area contributed by atoms with Crippen molar-refractivity contribution in [3.63, 3.8) is 0 Å². The van der Waals surface area contributed by atoms with Crippen LogP contribution in [0, 0.1) is 46.8 Å². The normalized spacial score (nSPS) is 45.8. The molecule has 7 atom stereocenters. The Labute approximate surface area is 163 Å². The quantitative estimate of drug-likeness (QED) is 0.524. The molecule has 3 fully saturated rings. The van der Waals surface area contributed by atoms with Crippen molar-refractivity contribution in [1.82, 2.24) is 0 Å². The van der Waals surface area contributed by atoms with Crippen LogP contribution in [0.4, 0.5) is 0 Å². The fraction of sp³-hybridized carbons (Fsp3) is 0.750. The summed E-state index contributed by atoms with van der Waals surface area (Å²) in [4.78, 5) is 23.8. The summed E-state index contributed by atoms with van der Waals surface area (Å²) < 4.78 is 5.76. The number of carbonyl (C=O) groups is 2. The molecule has 0 amide bonds. The van der Waals surface area contributed by atoms with Gasteiger partial charge in [0.15, 0.2) is 5.78 Å². The van der Waals surface area contributed by atoms with Gasteiger partial charge in [0.2, 0.25) is 0 Å². The zero-order valence-corrected chi connectivity index (χ0v) is 16.9. The van der Waals surface area contributed by atoms with Crippen molar-refractivity contribution >= 4 is 11.8 Å². The van der Waals surface area contributed by atoms with Crippen molar-refractivity contribution in [2.24, 2.45) is 34.5 Å². The molecule has 0 heterocycles. The first-order valence-electron chi connectivity index (χ1n) is 10.6. The summed E-state index contributed by atoms with van der Waals surface area (Å²) in [6.45, 7) is 6.28. The van der Waals surface area contributed by atoms with Crippen LogP contribution in [0.1, 0.15) is 72.1 Å². The van der Waals surface area contributed by atoms with E-state index < -0.39 is 0 Å². The number of terminal acetylenes is 1. The first-order valence-corrected chi connectivity index (χ1v) is 10.6. The maximum atomic E-state index is 12.2. The lowest BCUT2D eigenvalue weighted by Crippen LogP contribution is -2.53. The molecule has 4 aliphatic rings. The number of ketones is 1. The molecule has 0 aliphatic heterocycles. The monoisotopic (exact) mass is 368 g/mol. The summed E-state index contributed by atoms with van der Waals surface area (Å²) in [6.07, 6.45) is 15.6. The summed E-state index contributed by atoms with van der Waals surface area (Å²) in [7, 11) is 0. The molecule has 0 saturated heterocycles. The second-order valence-electron chi connectivity index (χ2n) is 9.92. The highest BCUT2D eigenvalue weighted by Crippen LogP contribution is 2.66. The van der Waals surface area contributed by atoms with Crippen molar-refractivity contribution in [2.75, 3.05) is 0 Å². The largest absolute Gasteiger partial charge is 0.462 e. The molecular weight excluding hydrogens is 336 g/mol. The Morgan fingerprint density at radius 2 is 2.04 bits per heavy atom. The number of hydrogen-bond acceptors (Lipinski definition) is 3. The summed E-state index contributed by atoms with van der Waals surface area (Å²) in [5, 5.41) is 0. The number of ether oxygens (including phenoxy) is 1. The summed E-state index contributed by atoms with van der Waals surface area (Å²) >= 11 is 0. The highest BCUT2D eigenvalue weighted by atomic mass is 16.5. The molecule has 0 aromatic heterocycles. The zero-order chi connectivity index (χ0) is 19.4. The van der Waals surface area contributed by atoms with Gasteiger partial charge in [-0.25, -0.2) is 0 Å². The number of esters is 1. The van der Waals surface area contributed by atoms with Crippen LogP contribution in [0.5, 0.6) is 0 Å². The summed E-state index contributed by atoms with van der Waals surface area (Å²) in [6, 6.07) is 0. The molecule has 0 N–H and O–H groups in total. The first-order chi connectivity index (χ1) is 12.8. The van der Waals surface area contributed by atoms with Crippen LogP contribution in [0.3, 0.4) is 0 Å². The van der Waals surface area contributed by atoms with Gasteiger partial charge in [-0.2, -0.15) is 0 Å². The summed E-state index contributed by atoms with van der Waals surface area (Å²) in [5.74, 6) is 5.18. The molecule has 3 nitrogen and oxygen atoms in total. The van der Waals surface area contributed by atoms with Crippen molar-refractivity contribution < 1.29 is 14.3 Å². The van der Waals surface area contributed by atoms with Crippen molar-refractivity contribution in [3.8, 4) is 12.3 Å². The minimum absolute atomic E-state index is 0.0599. The smallest absolute Gasteiger partial charge is 0.302 e. The van der Waals surface area contributed by atoms with Crippen LogP contribution in [-0.4, -0.2) is 17.9 Å². The van der Waals surface area contributed by atoms with Gasteiger partial charge in [0.25, 0.3) is 0 Å². The minimum Gasteiger partial charge on any atom is -0.462 e. The van der Waals surface area contributed by atoms with Gasteiger partial charge in [-0.05, 0) is 73.7 Å². The van der Waals surface area contributed by atoms with Crippen LogP contribution >= 0.6 is 0 Å². The third-order valence-corrected chi connectivity index (χ3v) is 8.70. The Balaban J connectivity index is 1.69. The highest BCUT2D eigenvalue weighted by molar-refractivity contribution is 5.91. The van der Waals surface area contributed by atoms with E-state index in [1.165, 1.54) is 18.9 Å². The fourth-order valence-electron chi connectivity index (χ4n) is 7.47. The standard InChI is InChI=1S/C24H32O3/c1-5-6-16-13-18-19-7-8-22(27-15(2)25)24(19,4)12-10-20(18)23(3)11-9-17(26)14-21(16)23/h1,14,16,18-20,22H,6-13H2,2-4H3/t16-,18+,19+,20+,22+,23-,24+/m1/s1. The van der Waals surface area contributed by atoms with Crippen LogP contribution in [0.15, 0.2) is 11.6 Å². The second kappa shape index (κ2) is 6.50. The van der Waals surface area contributed by atoms with Gasteiger partial charge < -0.3 is 4.74 Å². The molecule has 4 rings (SSSR count). The van der Waals surface area contributed by atoms with E-state index in [0.29, 0.717) is 30.1 Å². The molecule has 0 bridgehead atoms. The molecule has 3 saturated carbocycles. The molecule has 4 aliphatic carbocycles. The molecule has 0 radical (unpaired) electrons. The molecule has 0 unspecified atom stereocenters. The van der Waals surface area contributed by atoms with E-state index >= 15 is 0 Å². The molecule has 146 valence electrons. The SMILES string of the molecule is C#CC[C@@H]1C[C@H]2[C@@H]3CC[C@H](OC(C)=O)[C@@]3(C)CC[C@@H]2[C@@]2(C)CCC(=O)C=C12. The summed E-state index contributed by atoms with van der Waals surface area (Å²) in [5.41, 5.74) is 1.55. The lowest BCUT2D eigenvalue weighted by molar-refractivity contribution is -0.157. The van der Waals surface area contributed by atoms with Gasteiger partial charge in [0, 0.05) is 25.2 Å². The van der Waals surface area contributed by atoms with Crippen LogP contribution in [-0.2, 0) is 14.3 Å². The zero-order valence-electron chi connectivity index (χ0n) is 16.9. The Kier molecular flexibility index (Phi) is 4.53. The highest BCUT2D eigenvalue weighted by Gasteiger charge is 2.61.